The number of anilines is 1. The van der Waals surface area contributed by atoms with Gasteiger partial charge in [-0.15, -0.1) is 0 Å². The van der Waals surface area contributed by atoms with Crippen molar-refractivity contribution in [2.75, 3.05) is 57.4 Å². The summed E-state index contributed by atoms with van der Waals surface area (Å²) >= 11 is 6.27. The van der Waals surface area contributed by atoms with Crippen LogP contribution in [0.1, 0.15) is 68.3 Å². The molecule has 0 bridgehead atoms. The molecule has 1 unspecified atom stereocenters. The number of pyridine rings is 1. The van der Waals surface area contributed by atoms with Gasteiger partial charge < -0.3 is 14.4 Å². The van der Waals surface area contributed by atoms with Crippen LogP contribution in [0.2, 0.25) is 5.02 Å². The lowest BCUT2D eigenvalue weighted by Gasteiger charge is -2.40. The molecule has 5 aliphatic rings. The van der Waals surface area contributed by atoms with Crippen LogP contribution >= 0.6 is 11.6 Å². The number of sulfonamides is 1. The molecule has 6 aromatic rings. The Bertz CT molecular complexity index is 3170. The molecule has 18 heteroatoms. The zero-order valence-electron chi connectivity index (χ0n) is 38.6. The van der Waals surface area contributed by atoms with Crippen LogP contribution in [0, 0.1) is 15.5 Å². The second kappa shape index (κ2) is 18.0. The summed E-state index contributed by atoms with van der Waals surface area (Å²) in [7, 11) is -4.63. The maximum Gasteiger partial charge on any atom is 0.312 e. The molecule has 2 N–H and O–H groups in total. The monoisotopic (exact) mass is 971 g/mol. The van der Waals surface area contributed by atoms with Crippen molar-refractivity contribution >= 4 is 66.5 Å². The van der Waals surface area contributed by atoms with Gasteiger partial charge in [-0.25, -0.2) is 23.1 Å². The maximum atomic E-state index is 14.3. The number of fused-ring (bicyclic) bond motifs is 2. The third kappa shape index (κ3) is 9.37. The Labute approximate surface area is 405 Å². The van der Waals surface area contributed by atoms with Gasteiger partial charge in [-0.3, -0.25) is 34.5 Å². The molecule has 2 aliphatic heterocycles. The zero-order valence-corrected chi connectivity index (χ0v) is 40.1. The zero-order chi connectivity index (χ0) is 47.6. The molecular weight excluding hydrogens is 918 g/mol. The number of nitrogens with zero attached hydrogens (tertiary/aromatic N) is 7. The van der Waals surface area contributed by atoms with Crippen molar-refractivity contribution in [3.63, 3.8) is 0 Å². The first-order valence-electron chi connectivity index (χ1n) is 23.7. The number of aromatic nitrogens is 4. The summed E-state index contributed by atoms with van der Waals surface area (Å²) in [4.78, 5) is 41.9. The number of nitro benzene ring substituents is 1. The van der Waals surface area contributed by atoms with Crippen molar-refractivity contribution in [3.05, 3.63) is 129 Å². The number of H-pyrrole nitrogens is 1. The highest BCUT2D eigenvalue weighted by Crippen LogP contribution is 2.44. The Morgan fingerprint density at radius 3 is 2.58 bits per heavy atom. The summed E-state index contributed by atoms with van der Waals surface area (Å²) in [5, 5.41) is 17.2. The molecule has 3 aromatic heterocycles. The molecule has 358 valence electrons. The number of carbonyl (C=O) groups is 1. The molecule has 3 fully saturated rings. The standard InChI is InChI=1S/C51H54ClN9O7S/c1-51(2)17-15-35(41(28-51)32-5-7-36(52)8-6-32)30-57-19-21-58(22-20-57)38-11-13-40(43(26-38)60-44-25-34-16-18-53-49(34)55-42(44)29-54-60)50(62)56-69(65,66)39-12-14-46(45(27-39)61(63)64)68-31-47-48(33-3-4-33)59(23-24-67-47)37-9-10-37/h3,5-8,11-14,16,18,25-27,29,37,47-48,54H,4,9-10,15,17,19-24,28,30-31H2,1-2H3,(H,56,62)/t47-,48?/m0/s1. The number of nitro groups is 1. The van der Waals surface area contributed by atoms with E-state index in [0.717, 1.165) is 100.0 Å². The predicted molar refractivity (Wildman–Crippen MR) is 265 cm³/mol. The lowest BCUT2D eigenvalue weighted by molar-refractivity contribution is -0.386. The van der Waals surface area contributed by atoms with E-state index in [2.05, 4.69) is 61.6 Å². The molecule has 16 nitrogen and oxygen atoms in total. The number of aromatic amines is 1. The number of amides is 1. The molecule has 5 heterocycles. The number of carbonyl (C=O) groups excluding carboxylic acids is 1. The van der Waals surface area contributed by atoms with Crippen molar-refractivity contribution in [1.82, 2.24) is 34.3 Å². The number of piperazine rings is 1. The van der Waals surface area contributed by atoms with Gasteiger partial charge in [-0.1, -0.05) is 54.8 Å². The van der Waals surface area contributed by atoms with Crippen molar-refractivity contribution in [2.24, 2.45) is 5.41 Å². The van der Waals surface area contributed by atoms with Gasteiger partial charge in [0.1, 0.15) is 18.2 Å². The third-order valence-corrected chi connectivity index (χ3v) is 15.9. The van der Waals surface area contributed by atoms with E-state index in [1.54, 1.807) is 23.1 Å². The highest BCUT2D eigenvalue weighted by Gasteiger charge is 2.44. The number of rotatable bonds is 14. The number of nitrogens with one attached hydrogen (secondary N) is 2. The molecule has 0 radical (unpaired) electrons. The predicted octanol–water partition coefficient (Wildman–Crippen LogP) is 8.31. The van der Waals surface area contributed by atoms with Crippen LogP contribution in [0.3, 0.4) is 0 Å². The normalized spacial score (nSPS) is 21.1. The number of hydrogen-bond donors (Lipinski definition) is 2. The van der Waals surface area contributed by atoms with Crippen LogP contribution in [0.25, 0.3) is 33.3 Å². The average molecular weight is 973 g/mol. The summed E-state index contributed by atoms with van der Waals surface area (Å²) in [6.07, 6.45) is 11.6. The van der Waals surface area contributed by atoms with Gasteiger partial charge >= 0.3 is 5.69 Å². The van der Waals surface area contributed by atoms with Crippen LogP contribution in [0.4, 0.5) is 11.4 Å². The largest absolute Gasteiger partial charge is 0.484 e. The molecule has 3 aromatic carbocycles. The van der Waals surface area contributed by atoms with Crippen molar-refractivity contribution < 1.29 is 27.6 Å². The maximum absolute atomic E-state index is 14.3. The third-order valence-electron chi connectivity index (χ3n) is 14.4. The van der Waals surface area contributed by atoms with Gasteiger partial charge in [-0.2, -0.15) is 0 Å². The van der Waals surface area contributed by atoms with Crippen LogP contribution in [-0.2, 0) is 14.8 Å². The van der Waals surface area contributed by atoms with Crippen molar-refractivity contribution in [2.45, 2.75) is 75.5 Å². The lowest BCUT2D eigenvalue weighted by atomic mass is 9.72. The Morgan fingerprint density at radius 1 is 1.03 bits per heavy atom. The molecule has 69 heavy (non-hydrogen) atoms. The van der Waals surface area contributed by atoms with E-state index in [9.17, 15) is 23.3 Å². The Morgan fingerprint density at radius 2 is 1.83 bits per heavy atom. The second-order valence-corrected chi connectivity index (χ2v) is 21.8. The minimum Gasteiger partial charge on any atom is -0.484 e. The summed E-state index contributed by atoms with van der Waals surface area (Å²) in [5.74, 6) is -1.01. The van der Waals surface area contributed by atoms with Gasteiger partial charge in [0.05, 0.1) is 39.2 Å². The minimum absolute atomic E-state index is 0.0497. The SMILES string of the molecule is CC1(C)CCC(CN2CCN(c3ccc(C(=O)NS(=O)(=O)c4ccc(OC[C@@H]5OCCN(C6CC6)C5C5=CC5)c([N+](=O)[O-])c4)c(-n4[nH]cc5nc6nccc6cc54)c3)CC2)=C(c2ccc(Cl)cc2)C1. The Hall–Kier alpha value is -6.11. The van der Waals surface area contributed by atoms with Crippen LogP contribution in [0.5, 0.6) is 5.75 Å². The van der Waals surface area contributed by atoms with Gasteiger partial charge in [0.25, 0.3) is 15.9 Å². The number of ether oxygens (including phenoxy) is 2. The fourth-order valence-electron chi connectivity index (χ4n) is 10.4. The number of halogens is 1. The van der Waals surface area contributed by atoms with E-state index in [4.69, 9.17) is 26.1 Å². The van der Waals surface area contributed by atoms with Gasteiger partial charge in [-0.05, 0) is 110 Å². The van der Waals surface area contributed by atoms with Crippen molar-refractivity contribution in [1.29, 1.82) is 0 Å². The summed E-state index contributed by atoms with van der Waals surface area (Å²) in [5.41, 5.74) is 8.21. The lowest BCUT2D eigenvalue weighted by Crippen LogP contribution is -2.54. The Kier molecular flexibility index (Phi) is 11.8. The molecule has 11 rings (SSSR count). The first-order chi connectivity index (χ1) is 33.3. The van der Waals surface area contributed by atoms with E-state index in [1.807, 2.05) is 36.4 Å². The molecule has 0 spiro atoms. The van der Waals surface area contributed by atoms with E-state index < -0.39 is 31.4 Å². The first kappa shape index (κ1) is 45.3. The number of hydrogen-bond acceptors (Lipinski definition) is 12. The van der Waals surface area contributed by atoms with Crippen LogP contribution in [0.15, 0.2) is 107 Å². The van der Waals surface area contributed by atoms with Gasteiger partial charge in [0, 0.05) is 79.9 Å². The van der Waals surface area contributed by atoms with Gasteiger partial charge in [0.15, 0.2) is 11.4 Å². The van der Waals surface area contributed by atoms with Crippen molar-refractivity contribution in [3.8, 4) is 11.4 Å². The fraction of sp³-hybridized carbons (Fsp3) is 0.392. The van der Waals surface area contributed by atoms with Crippen LogP contribution in [-0.4, -0.2) is 119 Å². The fourth-order valence-corrected chi connectivity index (χ4v) is 11.5. The molecule has 2 saturated heterocycles. The van der Waals surface area contributed by atoms with E-state index in [0.29, 0.717) is 35.0 Å². The first-order valence-corrected chi connectivity index (χ1v) is 25.6. The minimum atomic E-state index is -4.63. The second-order valence-electron chi connectivity index (χ2n) is 19.7. The molecular formula is C51H54ClN9O7S. The van der Waals surface area contributed by atoms with E-state index in [1.165, 1.54) is 34.4 Å². The quantitative estimate of drug-likeness (QED) is 0.0607. The van der Waals surface area contributed by atoms with E-state index in [-0.39, 0.29) is 35.5 Å². The summed E-state index contributed by atoms with van der Waals surface area (Å²) in [6.45, 7) is 10.1. The number of morpholine rings is 1. The average Bonchev–Trinajstić information content (AvgIpc) is 4.28. The molecule has 2 atom stereocenters. The topological polar surface area (TPSA) is 181 Å². The number of allylic oxidation sites excluding steroid dienone is 2. The molecule has 3 aliphatic carbocycles. The van der Waals surface area contributed by atoms with E-state index >= 15 is 0 Å². The highest BCUT2D eigenvalue weighted by atomic mass is 35.5. The molecule has 1 saturated carbocycles. The van der Waals surface area contributed by atoms with Gasteiger partial charge in [0.2, 0.25) is 0 Å². The molecule has 1 amide bonds. The highest BCUT2D eigenvalue weighted by molar-refractivity contribution is 7.90. The Balaban J connectivity index is 0.839. The summed E-state index contributed by atoms with van der Waals surface area (Å²) in [6, 6.07) is 21.3. The van der Waals surface area contributed by atoms with Crippen LogP contribution < -0.4 is 14.4 Å². The smallest absolute Gasteiger partial charge is 0.312 e. The summed E-state index contributed by atoms with van der Waals surface area (Å²) < 4.78 is 44.1. The number of benzene rings is 3.